The third-order valence-corrected chi connectivity index (χ3v) is 5.51. The Morgan fingerprint density at radius 2 is 1.40 bits per heavy atom. The number of hydrogen-bond donors (Lipinski definition) is 0. The number of hydrogen-bond acceptors (Lipinski definition) is 0. The minimum absolute atomic E-state index is 0.903. The van der Waals surface area contributed by atoms with E-state index in [9.17, 15) is 0 Å². The SMILES string of the molecule is CC1CC(C)C(C)[N+]2(CCCC2)CC1C. The van der Waals surface area contributed by atoms with Crippen molar-refractivity contribution in [1.82, 2.24) is 0 Å². The molecule has 15 heavy (non-hydrogen) atoms. The maximum atomic E-state index is 2.51. The first kappa shape index (κ1) is 11.4. The summed E-state index contributed by atoms with van der Waals surface area (Å²) in [5.74, 6) is 2.78. The molecule has 0 amide bonds. The first-order valence-corrected chi connectivity index (χ1v) is 6.91. The van der Waals surface area contributed by atoms with E-state index in [0.29, 0.717) is 0 Å². The van der Waals surface area contributed by atoms with Gasteiger partial charge in [-0.05, 0) is 19.3 Å². The summed E-state index contributed by atoms with van der Waals surface area (Å²) in [5.41, 5.74) is 0. The molecule has 2 rings (SSSR count). The summed E-state index contributed by atoms with van der Waals surface area (Å²) in [6, 6.07) is 0.903. The van der Waals surface area contributed by atoms with E-state index in [1.165, 1.54) is 43.4 Å². The highest BCUT2D eigenvalue weighted by Crippen LogP contribution is 2.37. The minimum Gasteiger partial charge on any atom is -0.321 e. The van der Waals surface area contributed by atoms with Crippen LogP contribution in [0, 0.1) is 17.8 Å². The predicted molar refractivity (Wildman–Crippen MR) is 65.7 cm³/mol. The molecule has 88 valence electrons. The van der Waals surface area contributed by atoms with Crippen LogP contribution in [0.1, 0.15) is 47.0 Å². The predicted octanol–water partition coefficient (Wildman–Crippen LogP) is 3.30. The van der Waals surface area contributed by atoms with E-state index in [4.69, 9.17) is 0 Å². The van der Waals surface area contributed by atoms with E-state index in [1.807, 2.05) is 0 Å². The van der Waals surface area contributed by atoms with Gasteiger partial charge in [0, 0.05) is 24.7 Å². The summed E-state index contributed by atoms with van der Waals surface area (Å²) in [5, 5.41) is 0. The molecule has 0 N–H and O–H groups in total. The van der Waals surface area contributed by atoms with Crippen LogP contribution in [0.2, 0.25) is 0 Å². The van der Waals surface area contributed by atoms with Crippen molar-refractivity contribution in [2.45, 2.75) is 53.0 Å². The van der Waals surface area contributed by atoms with E-state index < -0.39 is 0 Å². The van der Waals surface area contributed by atoms with Crippen molar-refractivity contribution >= 4 is 0 Å². The topological polar surface area (TPSA) is 0 Å². The Kier molecular flexibility index (Phi) is 3.12. The van der Waals surface area contributed by atoms with Gasteiger partial charge in [0.05, 0.1) is 25.7 Å². The molecule has 1 spiro atoms. The summed E-state index contributed by atoms with van der Waals surface area (Å²) in [6.07, 6.45) is 4.39. The maximum Gasteiger partial charge on any atom is 0.0887 e. The standard InChI is InChI=1S/C14H28N/c1-11-9-12(2)14(4)15(10-13(11)3)7-5-6-8-15/h11-14H,5-10H2,1-4H3/q+1. The average Bonchev–Trinajstić information content (AvgIpc) is 2.63. The van der Waals surface area contributed by atoms with Crippen LogP contribution < -0.4 is 0 Å². The highest BCUT2D eigenvalue weighted by Gasteiger charge is 2.44. The van der Waals surface area contributed by atoms with Crippen LogP contribution >= 0.6 is 0 Å². The molecule has 0 radical (unpaired) electrons. The van der Waals surface area contributed by atoms with Gasteiger partial charge in [-0.25, -0.2) is 0 Å². The van der Waals surface area contributed by atoms with Gasteiger partial charge < -0.3 is 4.48 Å². The third kappa shape index (κ3) is 1.95. The third-order valence-electron chi connectivity index (χ3n) is 5.51. The molecule has 1 nitrogen and oxygen atoms in total. The fraction of sp³-hybridized carbons (Fsp3) is 1.00. The molecule has 2 aliphatic rings. The van der Waals surface area contributed by atoms with E-state index in [2.05, 4.69) is 27.7 Å². The van der Waals surface area contributed by atoms with Gasteiger partial charge in [0.1, 0.15) is 0 Å². The van der Waals surface area contributed by atoms with Crippen LogP contribution in [0.15, 0.2) is 0 Å². The normalized spacial score (nSPS) is 45.6. The van der Waals surface area contributed by atoms with Crippen LogP contribution in [-0.2, 0) is 0 Å². The molecular formula is C14H28N+. The molecule has 4 unspecified atom stereocenters. The highest BCUT2D eigenvalue weighted by atomic mass is 15.4. The molecule has 2 heterocycles. The minimum atomic E-state index is 0.903. The van der Waals surface area contributed by atoms with Crippen molar-refractivity contribution in [3.63, 3.8) is 0 Å². The summed E-state index contributed by atoms with van der Waals surface area (Å²) in [4.78, 5) is 0. The lowest BCUT2D eigenvalue weighted by molar-refractivity contribution is -0.943. The molecule has 0 aliphatic carbocycles. The molecule has 4 atom stereocenters. The van der Waals surface area contributed by atoms with Gasteiger partial charge in [0.15, 0.2) is 0 Å². The van der Waals surface area contributed by atoms with Crippen LogP contribution in [0.25, 0.3) is 0 Å². The lowest BCUT2D eigenvalue weighted by Crippen LogP contribution is -2.55. The number of quaternary nitrogens is 1. The summed E-state index contributed by atoms with van der Waals surface area (Å²) in [7, 11) is 0. The van der Waals surface area contributed by atoms with E-state index in [0.717, 1.165) is 23.8 Å². The van der Waals surface area contributed by atoms with Crippen molar-refractivity contribution in [3.8, 4) is 0 Å². The summed E-state index contributed by atoms with van der Waals surface area (Å²) < 4.78 is 1.45. The lowest BCUT2D eigenvalue weighted by atomic mass is 9.88. The molecule has 0 aromatic heterocycles. The fourth-order valence-electron chi connectivity index (χ4n) is 4.03. The van der Waals surface area contributed by atoms with Crippen LogP contribution in [-0.4, -0.2) is 30.2 Å². The Morgan fingerprint density at radius 3 is 2.00 bits per heavy atom. The number of rotatable bonds is 0. The summed E-state index contributed by atoms with van der Waals surface area (Å²) >= 11 is 0. The average molecular weight is 210 g/mol. The molecule has 2 fully saturated rings. The van der Waals surface area contributed by atoms with Crippen LogP contribution in [0.3, 0.4) is 0 Å². The van der Waals surface area contributed by atoms with Gasteiger partial charge in [0.2, 0.25) is 0 Å². The summed E-state index contributed by atoms with van der Waals surface area (Å²) in [6.45, 7) is 14.3. The molecule has 0 aromatic carbocycles. The van der Waals surface area contributed by atoms with Crippen LogP contribution in [0.4, 0.5) is 0 Å². The largest absolute Gasteiger partial charge is 0.321 e. The maximum absolute atomic E-state index is 2.51. The van der Waals surface area contributed by atoms with Gasteiger partial charge >= 0.3 is 0 Å². The lowest BCUT2D eigenvalue weighted by Gasteiger charge is -2.42. The van der Waals surface area contributed by atoms with Crippen molar-refractivity contribution in [2.24, 2.45) is 17.8 Å². The second kappa shape index (κ2) is 4.08. The zero-order valence-corrected chi connectivity index (χ0v) is 11.0. The fourth-order valence-corrected chi connectivity index (χ4v) is 4.03. The quantitative estimate of drug-likeness (QED) is 0.538. The van der Waals surface area contributed by atoms with Crippen molar-refractivity contribution in [3.05, 3.63) is 0 Å². The molecule has 0 bridgehead atoms. The van der Waals surface area contributed by atoms with Crippen molar-refractivity contribution in [1.29, 1.82) is 0 Å². The van der Waals surface area contributed by atoms with Crippen LogP contribution in [0.5, 0.6) is 0 Å². The zero-order valence-electron chi connectivity index (χ0n) is 11.0. The molecule has 2 saturated heterocycles. The molecule has 0 saturated carbocycles. The van der Waals surface area contributed by atoms with Gasteiger partial charge in [-0.2, -0.15) is 0 Å². The Morgan fingerprint density at radius 1 is 0.800 bits per heavy atom. The monoisotopic (exact) mass is 210 g/mol. The molecular weight excluding hydrogens is 182 g/mol. The molecule has 1 heteroatoms. The van der Waals surface area contributed by atoms with Gasteiger partial charge in [-0.15, -0.1) is 0 Å². The zero-order chi connectivity index (χ0) is 11.1. The second-order valence-corrected chi connectivity index (χ2v) is 6.46. The molecule has 0 aromatic rings. The molecule has 2 aliphatic heterocycles. The van der Waals surface area contributed by atoms with E-state index in [-0.39, 0.29) is 0 Å². The first-order chi connectivity index (χ1) is 7.05. The second-order valence-electron chi connectivity index (χ2n) is 6.46. The van der Waals surface area contributed by atoms with Crippen molar-refractivity contribution < 1.29 is 4.48 Å². The smallest absolute Gasteiger partial charge is 0.0887 e. The van der Waals surface area contributed by atoms with E-state index >= 15 is 0 Å². The Balaban J connectivity index is 2.21. The van der Waals surface area contributed by atoms with Gasteiger partial charge in [0.25, 0.3) is 0 Å². The Labute approximate surface area is 95.4 Å². The highest BCUT2D eigenvalue weighted by molar-refractivity contribution is 4.77. The van der Waals surface area contributed by atoms with Gasteiger partial charge in [-0.3, -0.25) is 0 Å². The first-order valence-electron chi connectivity index (χ1n) is 6.91. The van der Waals surface area contributed by atoms with E-state index in [1.54, 1.807) is 0 Å². The van der Waals surface area contributed by atoms with Gasteiger partial charge in [-0.1, -0.05) is 20.8 Å². The Bertz CT molecular complexity index is 217. The Hall–Kier alpha value is -0.0400. The van der Waals surface area contributed by atoms with Crippen molar-refractivity contribution in [2.75, 3.05) is 19.6 Å². The number of nitrogens with zero attached hydrogens (tertiary/aromatic N) is 1.